The normalized spacial score (nSPS) is 37.4. The average Bonchev–Trinajstić information content (AvgIpc) is 2.11. The Kier molecular flexibility index (Phi) is 4.13. The Bertz CT molecular complexity index is 152. The van der Waals surface area contributed by atoms with E-state index in [-0.39, 0.29) is 12.0 Å². The van der Waals surface area contributed by atoms with Gasteiger partial charge in [-0.15, -0.1) is 0 Å². The Morgan fingerprint density at radius 2 is 2.15 bits per heavy atom. The third-order valence-electron chi connectivity index (χ3n) is 2.96. The smallest absolute Gasteiger partial charge is 0.115 e. The molecule has 4 unspecified atom stereocenters. The topological polar surface area (TPSA) is 40.5 Å². The maximum atomic E-state index is 12.0. The maximum absolute atomic E-state index is 12.0. The first-order valence-electron chi connectivity index (χ1n) is 5.05. The van der Waals surface area contributed by atoms with Crippen molar-refractivity contribution in [1.29, 1.82) is 0 Å². The molecule has 1 aliphatic carbocycles. The lowest BCUT2D eigenvalue weighted by Crippen LogP contribution is -2.31. The predicted octanol–water partition coefficient (Wildman–Crippen LogP) is 1.50. The van der Waals surface area contributed by atoms with Gasteiger partial charge in [0.15, 0.2) is 0 Å². The Balaban J connectivity index is 2.37. The van der Waals surface area contributed by atoms with Gasteiger partial charge in [-0.25, -0.2) is 4.39 Å². The quantitative estimate of drug-likeness (QED) is 0.708. The predicted molar refractivity (Wildman–Crippen MR) is 49.1 cm³/mol. The maximum Gasteiger partial charge on any atom is 0.115 e. The molecule has 2 nitrogen and oxygen atoms in total. The Morgan fingerprint density at radius 3 is 2.77 bits per heavy atom. The van der Waals surface area contributed by atoms with Gasteiger partial charge in [-0.05, 0) is 37.5 Å². The van der Waals surface area contributed by atoms with E-state index in [0.717, 1.165) is 19.3 Å². The molecule has 0 saturated heterocycles. The summed E-state index contributed by atoms with van der Waals surface area (Å²) < 4.78 is 12.0. The van der Waals surface area contributed by atoms with Crippen LogP contribution in [0.1, 0.15) is 32.6 Å². The summed E-state index contributed by atoms with van der Waals surface area (Å²) >= 11 is 0. The molecular formula is C10H19FO2. The average molecular weight is 190 g/mol. The second kappa shape index (κ2) is 4.91. The minimum Gasteiger partial charge on any atom is -0.393 e. The van der Waals surface area contributed by atoms with Gasteiger partial charge in [-0.3, -0.25) is 0 Å². The molecule has 0 radical (unpaired) electrons. The lowest BCUT2D eigenvalue weighted by molar-refractivity contribution is 0.0142. The molecule has 1 rings (SSSR count). The first-order chi connectivity index (χ1) is 6.13. The van der Waals surface area contributed by atoms with Crippen LogP contribution in [0.3, 0.4) is 0 Å². The minimum atomic E-state index is -0.884. The van der Waals surface area contributed by atoms with E-state index < -0.39 is 12.8 Å². The van der Waals surface area contributed by atoms with Crippen LogP contribution in [0.15, 0.2) is 0 Å². The van der Waals surface area contributed by atoms with Gasteiger partial charge in [0.1, 0.15) is 6.67 Å². The molecule has 0 aromatic carbocycles. The van der Waals surface area contributed by atoms with Gasteiger partial charge < -0.3 is 10.2 Å². The zero-order chi connectivity index (χ0) is 9.84. The number of aliphatic hydroxyl groups is 2. The van der Waals surface area contributed by atoms with Gasteiger partial charge in [0.05, 0.1) is 12.2 Å². The highest BCUT2D eigenvalue weighted by molar-refractivity contribution is 4.79. The lowest BCUT2D eigenvalue weighted by Gasteiger charge is -2.32. The van der Waals surface area contributed by atoms with E-state index in [4.69, 9.17) is 5.11 Å². The number of aliphatic hydroxyl groups excluding tert-OH is 2. The van der Waals surface area contributed by atoms with Crippen LogP contribution in [0.2, 0.25) is 0 Å². The summed E-state index contributed by atoms with van der Waals surface area (Å²) in [5, 5.41) is 18.7. The zero-order valence-corrected chi connectivity index (χ0v) is 8.12. The van der Waals surface area contributed by atoms with Crippen molar-refractivity contribution in [3.63, 3.8) is 0 Å². The summed E-state index contributed by atoms with van der Waals surface area (Å²) in [6, 6.07) is 0. The van der Waals surface area contributed by atoms with E-state index in [1.54, 1.807) is 0 Å². The fourth-order valence-electron chi connectivity index (χ4n) is 2.15. The standard InChI is InChI=1S/C10H19FO2/c1-7-2-3-10(13)8(4-7)5-9(12)6-11/h7-10,12-13H,2-6H2,1H3. The summed E-state index contributed by atoms with van der Waals surface area (Å²) in [7, 11) is 0. The Morgan fingerprint density at radius 1 is 1.46 bits per heavy atom. The molecule has 0 heterocycles. The first kappa shape index (κ1) is 10.9. The van der Waals surface area contributed by atoms with E-state index >= 15 is 0 Å². The highest BCUT2D eigenvalue weighted by Gasteiger charge is 2.28. The number of hydrogen-bond acceptors (Lipinski definition) is 2. The molecule has 0 spiro atoms. The van der Waals surface area contributed by atoms with Crippen LogP contribution in [0.4, 0.5) is 4.39 Å². The van der Waals surface area contributed by atoms with Crippen molar-refractivity contribution >= 4 is 0 Å². The number of alkyl halides is 1. The second-order valence-electron chi connectivity index (χ2n) is 4.29. The molecule has 0 aromatic heterocycles. The van der Waals surface area contributed by atoms with Crippen molar-refractivity contribution in [1.82, 2.24) is 0 Å². The molecule has 3 heteroatoms. The highest BCUT2D eigenvalue weighted by atomic mass is 19.1. The van der Waals surface area contributed by atoms with Crippen LogP contribution in [0, 0.1) is 11.8 Å². The van der Waals surface area contributed by atoms with Crippen molar-refractivity contribution in [2.24, 2.45) is 11.8 Å². The van der Waals surface area contributed by atoms with Crippen LogP contribution < -0.4 is 0 Å². The third kappa shape index (κ3) is 3.24. The van der Waals surface area contributed by atoms with Gasteiger partial charge in [0.25, 0.3) is 0 Å². The molecule has 0 amide bonds. The van der Waals surface area contributed by atoms with Crippen LogP contribution in [-0.4, -0.2) is 29.1 Å². The fourth-order valence-corrected chi connectivity index (χ4v) is 2.15. The van der Waals surface area contributed by atoms with Gasteiger partial charge in [-0.2, -0.15) is 0 Å². The molecule has 1 fully saturated rings. The van der Waals surface area contributed by atoms with Crippen LogP contribution in [0.25, 0.3) is 0 Å². The molecule has 0 bridgehead atoms. The monoisotopic (exact) mass is 190 g/mol. The first-order valence-corrected chi connectivity index (χ1v) is 5.05. The van der Waals surface area contributed by atoms with Crippen LogP contribution >= 0.6 is 0 Å². The van der Waals surface area contributed by atoms with Crippen molar-refractivity contribution in [3.05, 3.63) is 0 Å². The SMILES string of the molecule is CC1CCC(O)C(CC(O)CF)C1. The van der Waals surface area contributed by atoms with E-state index in [2.05, 4.69) is 6.92 Å². The molecular weight excluding hydrogens is 171 g/mol. The Labute approximate surface area is 78.8 Å². The fraction of sp³-hybridized carbons (Fsp3) is 1.00. The zero-order valence-electron chi connectivity index (χ0n) is 8.12. The molecule has 0 aromatic rings. The van der Waals surface area contributed by atoms with Gasteiger partial charge >= 0.3 is 0 Å². The number of halogens is 1. The Hall–Kier alpha value is -0.150. The van der Waals surface area contributed by atoms with Gasteiger partial charge in [0, 0.05) is 0 Å². The number of rotatable bonds is 3. The summed E-state index contributed by atoms with van der Waals surface area (Å²) in [5.74, 6) is 0.690. The van der Waals surface area contributed by atoms with E-state index in [0.29, 0.717) is 12.3 Å². The lowest BCUT2D eigenvalue weighted by atomic mass is 9.78. The molecule has 78 valence electrons. The molecule has 1 saturated carbocycles. The molecule has 0 aliphatic heterocycles. The number of hydrogen-bond donors (Lipinski definition) is 2. The summed E-state index contributed by atoms with van der Waals surface area (Å²) in [6.45, 7) is 1.44. The largest absolute Gasteiger partial charge is 0.393 e. The van der Waals surface area contributed by atoms with Crippen molar-refractivity contribution in [2.75, 3.05) is 6.67 Å². The molecule has 2 N–H and O–H groups in total. The molecule has 13 heavy (non-hydrogen) atoms. The van der Waals surface area contributed by atoms with Crippen LogP contribution in [-0.2, 0) is 0 Å². The van der Waals surface area contributed by atoms with E-state index in [1.807, 2.05) is 0 Å². The third-order valence-corrected chi connectivity index (χ3v) is 2.96. The van der Waals surface area contributed by atoms with E-state index in [9.17, 15) is 9.50 Å². The summed E-state index contributed by atoms with van der Waals surface area (Å²) in [5.41, 5.74) is 0. The highest BCUT2D eigenvalue weighted by Crippen LogP contribution is 2.31. The minimum absolute atomic E-state index is 0.0921. The van der Waals surface area contributed by atoms with Gasteiger partial charge in [-0.1, -0.05) is 6.92 Å². The van der Waals surface area contributed by atoms with Gasteiger partial charge in [0.2, 0.25) is 0 Å². The second-order valence-corrected chi connectivity index (χ2v) is 4.29. The van der Waals surface area contributed by atoms with Crippen molar-refractivity contribution in [3.8, 4) is 0 Å². The summed E-state index contributed by atoms with van der Waals surface area (Å²) in [6.07, 6.45) is 1.94. The summed E-state index contributed by atoms with van der Waals surface area (Å²) in [4.78, 5) is 0. The molecule has 1 aliphatic rings. The van der Waals surface area contributed by atoms with Crippen molar-refractivity contribution in [2.45, 2.75) is 44.8 Å². The van der Waals surface area contributed by atoms with Crippen molar-refractivity contribution < 1.29 is 14.6 Å². The van der Waals surface area contributed by atoms with E-state index in [1.165, 1.54) is 0 Å². The molecule has 4 atom stereocenters. The van der Waals surface area contributed by atoms with Crippen LogP contribution in [0.5, 0.6) is 0 Å².